The second-order valence-electron chi connectivity index (χ2n) is 14.6. The lowest BCUT2D eigenvalue weighted by atomic mass is 9.99. The molecule has 1 saturated heterocycles. The third kappa shape index (κ3) is 30.9. The van der Waals surface area contributed by atoms with E-state index in [1.54, 1.807) is 6.08 Å². The third-order valence-electron chi connectivity index (χ3n) is 9.28. The summed E-state index contributed by atoms with van der Waals surface area (Å²) >= 11 is 0. The lowest BCUT2D eigenvalue weighted by molar-refractivity contribution is -0.301. The van der Waals surface area contributed by atoms with Crippen LogP contribution in [-0.4, -0.2) is 97.5 Å². The molecular formula is C46H76O12S. The summed E-state index contributed by atoms with van der Waals surface area (Å²) < 4.78 is 58.8. The van der Waals surface area contributed by atoms with Crippen LogP contribution in [0, 0.1) is 0 Å². The summed E-state index contributed by atoms with van der Waals surface area (Å²) in [6.45, 7) is 3.68. The summed E-state index contributed by atoms with van der Waals surface area (Å²) in [6.07, 6.45) is 39.3. The van der Waals surface area contributed by atoms with Crippen LogP contribution in [0.15, 0.2) is 85.1 Å². The summed E-state index contributed by atoms with van der Waals surface area (Å²) in [4.78, 5) is 12.8. The fourth-order valence-corrected chi connectivity index (χ4v) is 6.52. The number of carbonyl (C=O) groups excluding carboxylic acids is 1. The molecule has 4 N–H and O–H groups in total. The van der Waals surface area contributed by atoms with Crippen molar-refractivity contribution in [1.82, 2.24) is 0 Å². The molecule has 0 amide bonds. The Bertz CT molecular complexity index is 1350. The van der Waals surface area contributed by atoms with Gasteiger partial charge in [-0.2, -0.15) is 8.42 Å². The summed E-state index contributed by atoms with van der Waals surface area (Å²) in [5.74, 6) is -0.533. The minimum Gasteiger partial charge on any atom is -0.457 e. The summed E-state index contributed by atoms with van der Waals surface area (Å²) in [5, 5.41) is 30.6. The van der Waals surface area contributed by atoms with Gasteiger partial charge in [-0.3, -0.25) is 9.35 Å². The van der Waals surface area contributed by atoms with Crippen LogP contribution in [0.25, 0.3) is 0 Å². The van der Waals surface area contributed by atoms with E-state index in [2.05, 4.69) is 84.9 Å². The number of aliphatic hydroxyl groups excluding tert-OH is 3. The van der Waals surface area contributed by atoms with E-state index >= 15 is 0 Å². The molecule has 59 heavy (non-hydrogen) atoms. The number of allylic oxidation sites excluding steroid dienone is 13. The highest BCUT2D eigenvalue weighted by Gasteiger charge is 2.48. The lowest BCUT2D eigenvalue weighted by Crippen LogP contribution is -2.60. The molecule has 0 aliphatic carbocycles. The molecule has 338 valence electrons. The molecule has 0 aromatic rings. The Morgan fingerprint density at radius 3 is 1.71 bits per heavy atom. The number of aliphatic hydroxyl groups is 3. The van der Waals surface area contributed by atoms with Gasteiger partial charge in [-0.1, -0.05) is 144 Å². The third-order valence-corrected chi connectivity index (χ3v) is 9.75. The fraction of sp³-hybridized carbons (Fsp3) is 0.674. The highest BCUT2D eigenvalue weighted by Crippen LogP contribution is 2.26. The first-order valence-electron chi connectivity index (χ1n) is 21.8. The van der Waals surface area contributed by atoms with Crippen molar-refractivity contribution in [2.75, 3.05) is 26.4 Å². The van der Waals surface area contributed by atoms with E-state index in [1.807, 2.05) is 12.2 Å². The Morgan fingerprint density at radius 1 is 0.661 bits per heavy atom. The molecule has 0 saturated carbocycles. The van der Waals surface area contributed by atoms with Crippen molar-refractivity contribution in [3.05, 3.63) is 85.1 Å². The van der Waals surface area contributed by atoms with Crippen LogP contribution in [0.3, 0.4) is 0 Å². The van der Waals surface area contributed by atoms with Crippen molar-refractivity contribution in [2.24, 2.45) is 0 Å². The van der Waals surface area contributed by atoms with E-state index in [4.69, 9.17) is 23.5 Å². The van der Waals surface area contributed by atoms with Gasteiger partial charge in [-0.15, -0.1) is 0 Å². The van der Waals surface area contributed by atoms with Crippen LogP contribution in [0.5, 0.6) is 0 Å². The maximum Gasteiger partial charge on any atom is 0.397 e. The van der Waals surface area contributed by atoms with E-state index in [-0.39, 0.29) is 19.6 Å². The minimum absolute atomic E-state index is 0.00165. The van der Waals surface area contributed by atoms with Gasteiger partial charge in [0.2, 0.25) is 0 Å². The lowest BCUT2D eigenvalue weighted by Gasteiger charge is -2.41. The molecule has 1 aliphatic rings. The van der Waals surface area contributed by atoms with E-state index in [1.165, 1.54) is 44.9 Å². The number of carbonyl (C=O) groups is 1. The van der Waals surface area contributed by atoms with Gasteiger partial charge < -0.3 is 34.3 Å². The molecule has 1 aliphatic heterocycles. The van der Waals surface area contributed by atoms with Crippen molar-refractivity contribution in [3.63, 3.8) is 0 Å². The van der Waals surface area contributed by atoms with Crippen molar-refractivity contribution in [1.29, 1.82) is 0 Å². The van der Waals surface area contributed by atoms with Gasteiger partial charge in [-0.05, 0) is 70.6 Å². The van der Waals surface area contributed by atoms with Crippen LogP contribution >= 0.6 is 0 Å². The average molecular weight is 853 g/mol. The molecule has 12 nitrogen and oxygen atoms in total. The number of unbranched alkanes of at least 4 members (excludes halogenated alkanes) is 10. The Kier molecular flexibility index (Phi) is 34.1. The molecule has 0 aromatic carbocycles. The van der Waals surface area contributed by atoms with Gasteiger partial charge in [0, 0.05) is 6.61 Å². The molecule has 13 heteroatoms. The maximum atomic E-state index is 12.8. The van der Waals surface area contributed by atoms with Crippen molar-refractivity contribution < 1.29 is 56.2 Å². The predicted molar refractivity (Wildman–Crippen MR) is 234 cm³/mol. The maximum absolute atomic E-state index is 12.8. The SMILES string of the molecule is CC/C=C\C/C=C\C/C=C\C/C=C\C/C=C\CC(=O)OC(COCCCCCCCC/C=C\C/C=C\CCCCCC)COC1OC(CO)C(O)C(OS(=O)(=O)O)C1O. The smallest absolute Gasteiger partial charge is 0.397 e. The van der Waals surface area contributed by atoms with Gasteiger partial charge >= 0.3 is 16.4 Å². The fourth-order valence-electron chi connectivity index (χ4n) is 6.01. The highest BCUT2D eigenvalue weighted by molar-refractivity contribution is 7.80. The Morgan fingerprint density at radius 2 is 1.17 bits per heavy atom. The van der Waals surface area contributed by atoms with E-state index in [0.717, 1.165) is 64.2 Å². The molecular weight excluding hydrogens is 777 g/mol. The first kappa shape index (κ1) is 54.3. The minimum atomic E-state index is -5.08. The number of hydrogen-bond donors (Lipinski definition) is 4. The molecule has 0 radical (unpaired) electrons. The molecule has 0 bridgehead atoms. The average Bonchev–Trinajstić information content (AvgIpc) is 3.20. The van der Waals surface area contributed by atoms with Gasteiger partial charge in [0.25, 0.3) is 0 Å². The van der Waals surface area contributed by atoms with Crippen LogP contribution in [0.1, 0.15) is 136 Å². The van der Waals surface area contributed by atoms with Crippen LogP contribution in [0.4, 0.5) is 0 Å². The predicted octanol–water partition coefficient (Wildman–Crippen LogP) is 8.90. The van der Waals surface area contributed by atoms with Gasteiger partial charge in [-0.25, -0.2) is 4.18 Å². The number of esters is 1. The zero-order chi connectivity index (χ0) is 43.2. The normalized spacial score (nSPS) is 21.2. The molecule has 0 spiro atoms. The van der Waals surface area contributed by atoms with Crippen LogP contribution in [-0.2, 0) is 38.3 Å². The van der Waals surface area contributed by atoms with E-state index < -0.39 is 59.8 Å². The van der Waals surface area contributed by atoms with Crippen molar-refractivity contribution in [2.45, 2.75) is 173 Å². The van der Waals surface area contributed by atoms with E-state index in [9.17, 15) is 28.5 Å². The number of hydrogen-bond acceptors (Lipinski definition) is 11. The quantitative estimate of drug-likeness (QED) is 0.0204. The standard InChI is InChI=1S/C46H76O12S/c1-3-5-7-9-11-13-15-17-19-20-22-24-26-28-30-32-34-36-54-38-40(39-55-46-44(50)45(58-59(51,52)53)43(49)41(37-47)57-46)56-42(48)35-33-31-29-27-25-23-21-18-16-14-12-10-8-6-4-2/h6,8,12-15,18-21,25,27,31,33,40-41,43-47,49-50H,3-5,7,9-11,16-17,22-24,26,28-30,32,34-39H2,1-2H3,(H,51,52,53)/b8-6-,14-12-,15-13-,20-19-,21-18-,27-25-,33-31-. The second kappa shape index (κ2) is 37.1. The zero-order valence-corrected chi connectivity index (χ0v) is 36.6. The molecule has 6 atom stereocenters. The van der Waals surface area contributed by atoms with E-state index in [0.29, 0.717) is 13.0 Å². The summed E-state index contributed by atoms with van der Waals surface area (Å²) in [7, 11) is -5.08. The number of rotatable bonds is 36. The topological polar surface area (TPSA) is 178 Å². The molecule has 1 fully saturated rings. The van der Waals surface area contributed by atoms with Gasteiger partial charge in [0.05, 0.1) is 26.2 Å². The van der Waals surface area contributed by atoms with Gasteiger partial charge in [0.15, 0.2) is 6.29 Å². The molecule has 1 heterocycles. The number of ether oxygens (including phenoxy) is 4. The van der Waals surface area contributed by atoms with Gasteiger partial charge in [0.1, 0.15) is 30.5 Å². The molecule has 0 aromatic heterocycles. The zero-order valence-electron chi connectivity index (χ0n) is 35.8. The largest absolute Gasteiger partial charge is 0.457 e. The first-order chi connectivity index (χ1) is 28.6. The van der Waals surface area contributed by atoms with Crippen LogP contribution < -0.4 is 0 Å². The Balaban J connectivity index is 2.53. The molecule has 6 unspecified atom stereocenters. The highest BCUT2D eigenvalue weighted by atomic mass is 32.3. The Labute approximate surface area is 355 Å². The summed E-state index contributed by atoms with van der Waals surface area (Å²) in [5.41, 5.74) is 0. The van der Waals surface area contributed by atoms with Crippen molar-refractivity contribution >= 4 is 16.4 Å². The summed E-state index contributed by atoms with van der Waals surface area (Å²) in [6, 6.07) is 0. The van der Waals surface area contributed by atoms with Crippen molar-refractivity contribution in [3.8, 4) is 0 Å². The first-order valence-corrected chi connectivity index (χ1v) is 23.2. The second-order valence-corrected chi connectivity index (χ2v) is 15.6. The monoisotopic (exact) mass is 853 g/mol. The molecule has 1 rings (SSSR count). The van der Waals surface area contributed by atoms with Crippen LogP contribution in [0.2, 0.25) is 0 Å². The Hall–Kier alpha value is -2.72.